The molecule has 1 aliphatic carbocycles. The largest absolute Gasteiger partial charge is 0.350 e. The zero-order valence-corrected chi connectivity index (χ0v) is 9.92. The van der Waals surface area contributed by atoms with E-state index in [0.717, 1.165) is 38.8 Å². The second-order valence-electron chi connectivity index (χ2n) is 5.16. The molecule has 3 unspecified atom stereocenters. The third-order valence-corrected chi connectivity index (χ3v) is 3.75. The SMILES string of the molecule is CN1CCCC(C(=O)NC2CCCC2F)C1. The number of alkyl halides is 1. The van der Waals surface area contributed by atoms with Crippen molar-refractivity contribution in [3.8, 4) is 0 Å². The Hall–Kier alpha value is -0.640. The van der Waals surface area contributed by atoms with Gasteiger partial charge in [0.05, 0.1) is 12.0 Å². The minimum Gasteiger partial charge on any atom is -0.350 e. The van der Waals surface area contributed by atoms with Crippen molar-refractivity contribution in [2.45, 2.75) is 44.3 Å². The Kier molecular flexibility index (Phi) is 3.79. The number of carbonyl (C=O) groups excluding carboxylic acids is 1. The fraction of sp³-hybridized carbons (Fsp3) is 0.917. The van der Waals surface area contributed by atoms with Crippen LogP contribution in [0.15, 0.2) is 0 Å². The molecule has 1 heterocycles. The second-order valence-corrected chi connectivity index (χ2v) is 5.16. The molecule has 2 fully saturated rings. The smallest absolute Gasteiger partial charge is 0.224 e. The molecule has 0 aromatic heterocycles. The molecule has 16 heavy (non-hydrogen) atoms. The van der Waals surface area contributed by atoms with Gasteiger partial charge < -0.3 is 10.2 Å². The van der Waals surface area contributed by atoms with Crippen LogP contribution in [0.25, 0.3) is 0 Å². The third kappa shape index (κ3) is 2.73. The van der Waals surface area contributed by atoms with Crippen molar-refractivity contribution in [2.75, 3.05) is 20.1 Å². The van der Waals surface area contributed by atoms with Gasteiger partial charge in [-0.3, -0.25) is 4.79 Å². The van der Waals surface area contributed by atoms with Gasteiger partial charge in [-0.15, -0.1) is 0 Å². The lowest BCUT2D eigenvalue weighted by atomic mass is 9.97. The lowest BCUT2D eigenvalue weighted by Crippen LogP contribution is -2.46. The van der Waals surface area contributed by atoms with Gasteiger partial charge in [0.15, 0.2) is 0 Å². The molecule has 1 N–H and O–H groups in total. The second kappa shape index (κ2) is 5.13. The molecule has 0 aromatic rings. The quantitative estimate of drug-likeness (QED) is 0.773. The van der Waals surface area contributed by atoms with Crippen LogP contribution >= 0.6 is 0 Å². The first-order chi connectivity index (χ1) is 7.66. The molecule has 1 amide bonds. The molecule has 1 aliphatic heterocycles. The summed E-state index contributed by atoms with van der Waals surface area (Å²) in [5, 5.41) is 2.88. The highest BCUT2D eigenvalue weighted by Gasteiger charge is 2.31. The summed E-state index contributed by atoms with van der Waals surface area (Å²) in [7, 11) is 2.03. The number of rotatable bonds is 2. The van der Waals surface area contributed by atoms with Crippen LogP contribution in [0.3, 0.4) is 0 Å². The number of piperidine rings is 1. The summed E-state index contributed by atoms with van der Waals surface area (Å²) in [5.74, 6) is 0.118. The average Bonchev–Trinajstić information content (AvgIpc) is 2.64. The van der Waals surface area contributed by atoms with E-state index in [1.54, 1.807) is 0 Å². The van der Waals surface area contributed by atoms with Gasteiger partial charge in [-0.25, -0.2) is 4.39 Å². The highest BCUT2D eigenvalue weighted by atomic mass is 19.1. The fourth-order valence-corrected chi connectivity index (χ4v) is 2.76. The van der Waals surface area contributed by atoms with Gasteiger partial charge >= 0.3 is 0 Å². The van der Waals surface area contributed by atoms with E-state index in [9.17, 15) is 9.18 Å². The summed E-state index contributed by atoms with van der Waals surface area (Å²) in [6, 6.07) is -0.222. The lowest BCUT2D eigenvalue weighted by molar-refractivity contribution is -0.127. The summed E-state index contributed by atoms with van der Waals surface area (Å²) in [4.78, 5) is 14.1. The number of likely N-dealkylation sites (tertiary alicyclic amines) is 1. The molecule has 2 rings (SSSR count). The number of nitrogens with one attached hydrogen (secondary N) is 1. The van der Waals surface area contributed by atoms with Crippen LogP contribution in [-0.2, 0) is 4.79 Å². The van der Waals surface area contributed by atoms with Gasteiger partial charge in [-0.1, -0.05) is 0 Å². The van der Waals surface area contributed by atoms with Gasteiger partial charge in [0, 0.05) is 6.54 Å². The number of carbonyl (C=O) groups is 1. The highest BCUT2D eigenvalue weighted by Crippen LogP contribution is 2.23. The van der Waals surface area contributed by atoms with Gasteiger partial charge in [0.1, 0.15) is 6.17 Å². The van der Waals surface area contributed by atoms with E-state index in [-0.39, 0.29) is 17.9 Å². The van der Waals surface area contributed by atoms with Crippen LogP contribution in [-0.4, -0.2) is 43.2 Å². The number of amides is 1. The molecule has 3 atom stereocenters. The molecule has 4 heteroatoms. The Bertz CT molecular complexity index is 259. The first-order valence-corrected chi connectivity index (χ1v) is 6.30. The Labute approximate surface area is 96.4 Å². The maximum Gasteiger partial charge on any atom is 0.224 e. The lowest BCUT2D eigenvalue weighted by Gasteiger charge is -2.29. The first-order valence-electron chi connectivity index (χ1n) is 6.30. The van der Waals surface area contributed by atoms with E-state index in [1.165, 1.54) is 0 Å². The van der Waals surface area contributed by atoms with E-state index < -0.39 is 6.17 Å². The molecule has 1 saturated carbocycles. The van der Waals surface area contributed by atoms with E-state index in [2.05, 4.69) is 10.2 Å². The zero-order chi connectivity index (χ0) is 11.5. The van der Waals surface area contributed by atoms with Crippen LogP contribution < -0.4 is 5.32 Å². The van der Waals surface area contributed by atoms with Crippen molar-refractivity contribution in [1.82, 2.24) is 10.2 Å². The summed E-state index contributed by atoms with van der Waals surface area (Å²) < 4.78 is 13.4. The average molecular weight is 228 g/mol. The predicted molar refractivity (Wildman–Crippen MR) is 60.9 cm³/mol. The first kappa shape index (κ1) is 11.8. The van der Waals surface area contributed by atoms with Crippen molar-refractivity contribution in [3.63, 3.8) is 0 Å². The normalized spacial score (nSPS) is 36.2. The van der Waals surface area contributed by atoms with Crippen molar-refractivity contribution in [1.29, 1.82) is 0 Å². The Morgan fingerprint density at radius 1 is 1.31 bits per heavy atom. The number of hydrogen-bond donors (Lipinski definition) is 1. The van der Waals surface area contributed by atoms with E-state index in [0.29, 0.717) is 6.42 Å². The molecular formula is C12H21FN2O. The summed E-state index contributed by atoms with van der Waals surface area (Å²) in [6.45, 7) is 1.88. The molecule has 0 spiro atoms. The predicted octanol–water partition coefficient (Wildman–Crippen LogP) is 1.33. The number of hydrogen-bond acceptors (Lipinski definition) is 2. The standard InChI is InChI=1S/C12H21FN2O/c1-15-7-3-4-9(8-15)12(16)14-11-6-2-5-10(11)13/h9-11H,2-8H2,1H3,(H,14,16). The molecule has 0 aromatic carbocycles. The molecule has 3 nitrogen and oxygen atoms in total. The molecule has 0 radical (unpaired) electrons. The van der Waals surface area contributed by atoms with Gasteiger partial charge in [0.2, 0.25) is 5.91 Å². The maximum atomic E-state index is 13.4. The fourth-order valence-electron chi connectivity index (χ4n) is 2.76. The monoisotopic (exact) mass is 228 g/mol. The van der Waals surface area contributed by atoms with Crippen LogP contribution in [0.4, 0.5) is 4.39 Å². The van der Waals surface area contributed by atoms with E-state index >= 15 is 0 Å². The summed E-state index contributed by atoms with van der Waals surface area (Å²) >= 11 is 0. The summed E-state index contributed by atoms with van der Waals surface area (Å²) in [6.07, 6.45) is 3.49. The molecule has 1 saturated heterocycles. The topological polar surface area (TPSA) is 32.3 Å². The Morgan fingerprint density at radius 3 is 2.75 bits per heavy atom. The minimum atomic E-state index is -0.828. The molecular weight excluding hydrogens is 207 g/mol. The minimum absolute atomic E-state index is 0.0566. The number of halogens is 1. The Morgan fingerprint density at radius 2 is 2.12 bits per heavy atom. The highest BCUT2D eigenvalue weighted by molar-refractivity contribution is 5.79. The molecule has 2 aliphatic rings. The molecule has 92 valence electrons. The summed E-state index contributed by atoms with van der Waals surface area (Å²) in [5.41, 5.74) is 0. The van der Waals surface area contributed by atoms with Gasteiger partial charge in [-0.2, -0.15) is 0 Å². The maximum absolute atomic E-state index is 13.4. The number of nitrogens with zero attached hydrogens (tertiary/aromatic N) is 1. The van der Waals surface area contributed by atoms with Crippen LogP contribution in [0.1, 0.15) is 32.1 Å². The third-order valence-electron chi connectivity index (χ3n) is 3.75. The zero-order valence-electron chi connectivity index (χ0n) is 9.92. The van der Waals surface area contributed by atoms with E-state index in [1.807, 2.05) is 7.05 Å². The van der Waals surface area contributed by atoms with Gasteiger partial charge in [-0.05, 0) is 45.7 Å². The molecule has 0 bridgehead atoms. The van der Waals surface area contributed by atoms with Crippen molar-refractivity contribution in [2.24, 2.45) is 5.92 Å². The van der Waals surface area contributed by atoms with E-state index in [4.69, 9.17) is 0 Å². The van der Waals surface area contributed by atoms with Crippen LogP contribution in [0.5, 0.6) is 0 Å². The Balaban J connectivity index is 1.82. The van der Waals surface area contributed by atoms with Crippen molar-refractivity contribution >= 4 is 5.91 Å². The van der Waals surface area contributed by atoms with Crippen LogP contribution in [0.2, 0.25) is 0 Å². The van der Waals surface area contributed by atoms with Crippen molar-refractivity contribution < 1.29 is 9.18 Å². The van der Waals surface area contributed by atoms with Crippen LogP contribution in [0, 0.1) is 5.92 Å². The van der Waals surface area contributed by atoms with Crippen molar-refractivity contribution in [3.05, 3.63) is 0 Å². The van der Waals surface area contributed by atoms with Gasteiger partial charge in [0.25, 0.3) is 0 Å².